The highest BCUT2D eigenvalue weighted by Gasteiger charge is 2.10. The number of aryl methyl sites for hydroxylation is 1. The summed E-state index contributed by atoms with van der Waals surface area (Å²) in [7, 11) is 0. The summed E-state index contributed by atoms with van der Waals surface area (Å²) < 4.78 is 0. The Kier molecular flexibility index (Phi) is 4.94. The van der Waals surface area contributed by atoms with Gasteiger partial charge in [-0.1, -0.05) is 67.1 Å². The van der Waals surface area contributed by atoms with Crippen molar-refractivity contribution in [1.82, 2.24) is 5.32 Å². The lowest BCUT2D eigenvalue weighted by molar-refractivity contribution is -0.121. The third-order valence-corrected chi connectivity index (χ3v) is 3.43. The number of carbonyl (C=O) groups is 1. The molecule has 0 aliphatic carbocycles. The molecule has 0 radical (unpaired) electrons. The Bertz CT molecular complexity index is 563. The third kappa shape index (κ3) is 4.23. The number of nitrogens with one attached hydrogen (secondary N) is 1. The van der Waals surface area contributed by atoms with Crippen molar-refractivity contribution in [3.8, 4) is 0 Å². The molecule has 104 valence electrons. The molecule has 2 nitrogen and oxygen atoms in total. The van der Waals surface area contributed by atoms with E-state index in [1.807, 2.05) is 30.3 Å². The van der Waals surface area contributed by atoms with E-state index < -0.39 is 0 Å². The maximum atomic E-state index is 12.0. The number of hydrogen-bond donors (Lipinski definition) is 1. The fourth-order valence-corrected chi connectivity index (χ4v) is 2.27. The van der Waals surface area contributed by atoms with Crippen LogP contribution < -0.4 is 5.32 Å². The summed E-state index contributed by atoms with van der Waals surface area (Å²) in [5.74, 6) is 0.344. The highest BCUT2D eigenvalue weighted by Crippen LogP contribution is 2.18. The molecule has 0 aliphatic heterocycles. The minimum atomic E-state index is 0.0999. The molecule has 0 saturated heterocycles. The molecule has 0 heterocycles. The molecule has 20 heavy (non-hydrogen) atoms. The van der Waals surface area contributed by atoms with Gasteiger partial charge < -0.3 is 5.32 Å². The Morgan fingerprint density at radius 3 is 2.55 bits per heavy atom. The Hall–Kier alpha value is -2.09. The highest BCUT2D eigenvalue weighted by molar-refractivity contribution is 5.76. The summed E-state index contributed by atoms with van der Waals surface area (Å²) in [6, 6.07) is 18.4. The molecular formula is C18H21NO. The molecule has 0 aromatic heterocycles. The average molecular weight is 267 g/mol. The molecule has 2 aromatic carbocycles. The van der Waals surface area contributed by atoms with Crippen LogP contribution in [0.15, 0.2) is 54.6 Å². The van der Waals surface area contributed by atoms with Gasteiger partial charge in [-0.3, -0.25) is 4.79 Å². The van der Waals surface area contributed by atoms with Crippen LogP contribution in [0.25, 0.3) is 0 Å². The number of amides is 1. The molecular weight excluding hydrogens is 246 g/mol. The predicted octanol–water partition coefficient (Wildman–Crippen LogP) is 3.81. The van der Waals surface area contributed by atoms with E-state index in [9.17, 15) is 4.79 Å². The fourth-order valence-electron chi connectivity index (χ4n) is 2.27. The standard InChI is InChI=1S/C18H21NO/c1-14-7-6-8-16(11-14)13-19-18(20)12-15(2)17-9-4-3-5-10-17/h3-11,15H,12-13H2,1-2H3,(H,19,20). The van der Waals surface area contributed by atoms with Gasteiger partial charge in [0.2, 0.25) is 5.91 Å². The van der Waals surface area contributed by atoms with E-state index in [4.69, 9.17) is 0 Å². The summed E-state index contributed by atoms with van der Waals surface area (Å²) in [6.07, 6.45) is 0.524. The second kappa shape index (κ2) is 6.90. The summed E-state index contributed by atoms with van der Waals surface area (Å²) in [4.78, 5) is 12.0. The molecule has 1 N–H and O–H groups in total. The van der Waals surface area contributed by atoms with E-state index >= 15 is 0 Å². The highest BCUT2D eigenvalue weighted by atomic mass is 16.1. The van der Waals surface area contributed by atoms with Crippen LogP contribution in [0.3, 0.4) is 0 Å². The molecule has 0 spiro atoms. The zero-order valence-corrected chi connectivity index (χ0v) is 12.1. The molecule has 0 aliphatic rings. The Morgan fingerprint density at radius 1 is 1.10 bits per heavy atom. The largest absolute Gasteiger partial charge is 0.352 e. The average Bonchev–Trinajstić information content (AvgIpc) is 2.46. The van der Waals surface area contributed by atoms with Gasteiger partial charge in [0.05, 0.1) is 0 Å². The molecule has 2 heteroatoms. The normalized spacial score (nSPS) is 11.9. The molecule has 0 saturated carbocycles. The SMILES string of the molecule is Cc1cccc(CNC(=O)CC(C)c2ccccc2)c1. The third-order valence-electron chi connectivity index (χ3n) is 3.43. The van der Waals surface area contributed by atoms with Crippen LogP contribution in [0, 0.1) is 6.92 Å². The van der Waals surface area contributed by atoms with Gasteiger partial charge in [-0.25, -0.2) is 0 Å². The van der Waals surface area contributed by atoms with E-state index in [1.54, 1.807) is 0 Å². The first kappa shape index (κ1) is 14.3. The molecule has 2 aromatic rings. The molecule has 1 atom stereocenters. The first-order valence-electron chi connectivity index (χ1n) is 7.02. The van der Waals surface area contributed by atoms with E-state index in [2.05, 4.69) is 43.4 Å². The van der Waals surface area contributed by atoms with E-state index in [0.29, 0.717) is 13.0 Å². The molecule has 0 fully saturated rings. The lowest BCUT2D eigenvalue weighted by Gasteiger charge is -2.12. The quantitative estimate of drug-likeness (QED) is 0.877. The van der Waals surface area contributed by atoms with Gasteiger partial charge in [0, 0.05) is 13.0 Å². The summed E-state index contributed by atoms with van der Waals surface area (Å²) >= 11 is 0. The van der Waals surface area contributed by atoms with Gasteiger partial charge in [-0.2, -0.15) is 0 Å². The zero-order valence-electron chi connectivity index (χ0n) is 12.1. The van der Waals surface area contributed by atoms with Crippen molar-refractivity contribution in [2.45, 2.75) is 32.7 Å². The Morgan fingerprint density at radius 2 is 1.85 bits per heavy atom. The summed E-state index contributed by atoms with van der Waals surface area (Å²) in [6.45, 7) is 4.74. The molecule has 1 amide bonds. The van der Waals surface area contributed by atoms with E-state index in [1.165, 1.54) is 11.1 Å². The predicted molar refractivity (Wildman–Crippen MR) is 82.5 cm³/mol. The summed E-state index contributed by atoms with van der Waals surface area (Å²) in [5, 5.41) is 2.99. The molecule has 1 unspecified atom stereocenters. The van der Waals surface area contributed by atoms with E-state index in [-0.39, 0.29) is 11.8 Å². The first-order valence-corrected chi connectivity index (χ1v) is 7.02. The molecule has 2 rings (SSSR count). The zero-order chi connectivity index (χ0) is 14.4. The van der Waals surface area contributed by atoms with Crippen LogP contribution in [0.5, 0.6) is 0 Å². The minimum absolute atomic E-state index is 0.0999. The van der Waals surface area contributed by atoms with Gasteiger partial charge in [0.15, 0.2) is 0 Å². The number of benzene rings is 2. The van der Waals surface area contributed by atoms with Crippen molar-refractivity contribution >= 4 is 5.91 Å². The van der Waals surface area contributed by atoms with Crippen molar-refractivity contribution in [2.24, 2.45) is 0 Å². The van der Waals surface area contributed by atoms with Crippen molar-refractivity contribution in [3.05, 3.63) is 71.3 Å². The second-order valence-corrected chi connectivity index (χ2v) is 5.28. The van der Waals surface area contributed by atoms with Crippen molar-refractivity contribution < 1.29 is 4.79 Å². The van der Waals surface area contributed by atoms with E-state index in [0.717, 1.165) is 5.56 Å². The number of hydrogen-bond acceptors (Lipinski definition) is 1. The van der Waals surface area contributed by atoms with Crippen molar-refractivity contribution in [3.63, 3.8) is 0 Å². The number of rotatable bonds is 5. The first-order chi connectivity index (χ1) is 9.65. The fraction of sp³-hybridized carbons (Fsp3) is 0.278. The monoisotopic (exact) mass is 267 g/mol. The van der Waals surface area contributed by atoms with Crippen molar-refractivity contribution in [1.29, 1.82) is 0 Å². The van der Waals surface area contributed by atoms with Crippen LogP contribution in [-0.2, 0) is 11.3 Å². The van der Waals surface area contributed by atoms with Crippen LogP contribution in [0.4, 0.5) is 0 Å². The van der Waals surface area contributed by atoms with Crippen LogP contribution in [0.2, 0.25) is 0 Å². The van der Waals surface area contributed by atoms with Gasteiger partial charge in [0.25, 0.3) is 0 Å². The summed E-state index contributed by atoms with van der Waals surface area (Å²) in [5.41, 5.74) is 3.57. The van der Waals surface area contributed by atoms with Gasteiger partial charge >= 0.3 is 0 Å². The second-order valence-electron chi connectivity index (χ2n) is 5.28. The van der Waals surface area contributed by atoms with Gasteiger partial charge in [-0.15, -0.1) is 0 Å². The minimum Gasteiger partial charge on any atom is -0.352 e. The van der Waals surface area contributed by atoms with Gasteiger partial charge in [0.1, 0.15) is 0 Å². The smallest absolute Gasteiger partial charge is 0.220 e. The van der Waals surface area contributed by atoms with Crippen molar-refractivity contribution in [2.75, 3.05) is 0 Å². The van der Waals surface area contributed by atoms with Crippen LogP contribution in [0.1, 0.15) is 36.0 Å². The van der Waals surface area contributed by atoms with Crippen LogP contribution in [-0.4, -0.2) is 5.91 Å². The lowest BCUT2D eigenvalue weighted by atomic mass is 9.97. The van der Waals surface area contributed by atoms with Crippen LogP contribution >= 0.6 is 0 Å². The lowest BCUT2D eigenvalue weighted by Crippen LogP contribution is -2.24. The number of carbonyl (C=O) groups excluding carboxylic acids is 1. The molecule has 0 bridgehead atoms. The Labute approximate surface area is 120 Å². The Balaban J connectivity index is 1.84. The van der Waals surface area contributed by atoms with Gasteiger partial charge in [-0.05, 0) is 24.0 Å². The maximum absolute atomic E-state index is 12.0. The topological polar surface area (TPSA) is 29.1 Å². The maximum Gasteiger partial charge on any atom is 0.220 e.